The summed E-state index contributed by atoms with van der Waals surface area (Å²) in [6.07, 6.45) is 0.669. The molecule has 4 nitrogen and oxygen atoms in total. The lowest BCUT2D eigenvalue weighted by Crippen LogP contribution is -1.92. The van der Waals surface area contributed by atoms with Gasteiger partial charge < -0.3 is 4.74 Å². The van der Waals surface area contributed by atoms with Crippen LogP contribution in [-0.2, 0) is 0 Å². The van der Waals surface area contributed by atoms with Gasteiger partial charge >= 0.3 is 0 Å². The summed E-state index contributed by atoms with van der Waals surface area (Å²) in [4.78, 5) is 10.4. The lowest BCUT2D eigenvalue weighted by molar-refractivity contribution is 0.111. The molecule has 4 heteroatoms. The van der Waals surface area contributed by atoms with Gasteiger partial charge in [0.25, 0.3) is 0 Å². The number of aromatic nitrogens is 2. The molecule has 0 aliphatic carbocycles. The molecule has 0 spiro atoms. The number of benzene rings is 1. The summed E-state index contributed by atoms with van der Waals surface area (Å²) in [6.45, 7) is 0. The van der Waals surface area contributed by atoms with Gasteiger partial charge in [-0.25, -0.2) is 0 Å². The molecule has 0 atom stereocenters. The van der Waals surface area contributed by atoms with Crippen LogP contribution in [0.3, 0.4) is 0 Å². The number of ether oxygens (including phenoxy) is 1. The molecule has 0 amide bonds. The zero-order valence-corrected chi connectivity index (χ0v) is 8.75. The third kappa shape index (κ3) is 2.06. The average molecular weight is 214 g/mol. The highest BCUT2D eigenvalue weighted by Gasteiger charge is 2.01. The zero-order valence-electron chi connectivity index (χ0n) is 8.75. The van der Waals surface area contributed by atoms with Gasteiger partial charge in [-0.05, 0) is 24.3 Å². The minimum Gasteiger partial charge on any atom is -0.497 e. The van der Waals surface area contributed by atoms with Crippen LogP contribution in [0.4, 0.5) is 0 Å². The highest BCUT2D eigenvalue weighted by Crippen LogP contribution is 2.21. The summed E-state index contributed by atoms with van der Waals surface area (Å²) < 4.78 is 5.12. The predicted molar refractivity (Wildman–Crippen MR) is 59.4 cm³/mol. The van der Waals surface area contributed by atoms with Crippen LogP contribution in [0, 0.1) is 0 Å². The van der Waals surface area contributed by atoms with Crippen LogP contribution >= 0.6 is 0 Å². The van der Waals surface area contributed by atoms with Gasteiger partial charge in [-0.3, -0.25) is 4.79 Å². The molecule has 0 saturated heterocycles. The van der Waals surface area contributed by atoms with Crippen molar-refractivity contribution in [2.24, 2.45) is 0 Å². The summed E-state index contributed by atoms with van der Waals surface area (Å²) in [6, 6.07) is 10.9. The van der Waals surface area contributed by atoms with E-state index in [0.29, 0.717) is 17.7 Å². The van der Waals surface area contributed by atoms with E-state index in [4.69, 9.17) is 4.74 Å². The Morgan fingerprint density at radius 3 is 2.69 bits per heavy atom. The van der Waals surface area contributed by atoms with Crippen LogP contribution in [0.1, 0.15) is 10.5 Å². The molecule has 16 heavy (non-hydrogen) atoms. The molecule has 1 aromatic carbocycles. The third-order valence-corrected chi connectivity index (χ3v) is 2.17. The average Bonchev–Trinajstić information content (AvgIpc) is 2.39. The van der Waals surface area contributed by atoms with Crippen molar-refractivity contribution in [1.82, 2.24) is 10.2 Å². The number of hydrogen-bond donors (Lipinski definition) is 0. The van der Waals surface area contributed by atoms with Gasteiger partial charge in [0.2, 0.25) is 0 Å². The fourth-order valence-corrected chi connectivity index (χ4v) is 1.34. The van der Waals surface area contributed by atoms with Gasteiger partial charge in [0.15, 0.2) is 6.29 Å². The van der Waals surface area contributed by atoms with Crippen LogP contribution in [0.25, 0.3) is 11.3 Å². The SMILES string of the molecule is COc1cccc(-c2ccc(C=O)nn2)c1. The van der Waals surface area contributed by atoms with Gasteiger partial charge in [-0.2, -0.15) is 0 Å². The molecule has 1 heterocycles. The number of nitrogens with zero attached hydrogens (tertiary/aromatic N) is 2. The van der Waals surface area contributed by atoms with E-state index in [1.807, 2.05) is 24.3 Å². The maximum atomic E-state index is 10.4. The molecule has 0 aliphatic heterocycles. The Balaban J connectivity index is 2.38. The molecule has 1 aromatic heterocycles. The van der Waals surface area contributed by atoms with Crippen molar-refractivity contribution in [3.8, 4) is 17.0 Å². The maximum absolute atomic E-state index is 10.4. The largest absolute Gasteiger partial charge is 0.497 e. The van der Waals surface area contributed by atoms with E-state index in [9.17, 15) is 4.79 Å². The Bertz CT molecular complexity index is 495. The fraction of sp³-hybridized carbons (Fsp3) is 0.0833. The number of aldehydes is 1. The smallest absolute Gasteiger partial charge is 0.170 e. The van der Waals surface area contributed by atoms with E-state index in [1.165, 1.54) is 0 Å². The van der Waals surface area contributed by atoms with Crippen molar-refractivity contribution in [1.29, 1.82) is 0 Å². The van der Waals surface area contributed by atoms with E-state index in [-0.39, 0.29) is 0 Å². The molecule has 80 valence electrons. The third-order valence-electron chi connectivity index (χ3n) is 2.17. The molecule has 0 unspecified atom stereocenters. The van der Waals surface area contributed by atoms with Crippen LogP contribution in [-0.4, -0.2) is 23.6 Å². The van der Waals surface area contributed by atoms with Gasteiger partial charge in [0, 0.05) is 5.56 Å². The minimum atomic E-state index is 0.326. The van der Waals surface area contributed by atoms with Crippen molar-refractivity contribution in [3.05, 3.63) is 42.1 Å². The monoisotopic (exact) mass is 214 g/mol. The summed E-state index contributed by atoms with van der Waals surface area (Å²) in [5, 5.41) is 7.73. The first kappa shape index (κ1) is 10.3. The second-order valence-electron chi connectivity index (χ2n) is 3.19. The molecule has 0 N–H and O–H groups in total. The van der Waals surface area contributed by atoms with Crippen LogP contribution < -0.4 is 4.74 Å². The number of carbonyl (C=O) groups is 1. The Morgan fingerprint density at radius 1 is 1.19 bits per heavy atom. The fourth-order valence-electron chi connectivity index (χ4n) is 1.34. The second-order valence-corrected chi connectivity index (χ2v) is 3.19. The van der Waals surface area contributed by atoms with Crippen LogP contribution in [0.2, 0.25) is 0 Å². The van der Waals surface area contributed by atoms with E-state index in [2.05, 4.69) is 10.2 Å². The highest BCUT2D eigenvalue weighted by atomic mass is 16.5. The quantitative estimate of drug-likeness (QED) is 0.733. The topological polar surface area (TPSA) is 52.1 Å². The van der Waals surface area contributed by atoms with Crippen molar-refractivity contribution < 1.29 is 9.53 Å². The van der Waals surface area contributed by atoms with Gasteiger partial charge in [-0.1, -0.05) is 12.1 Å². The number of rotatable bonds is 3. The number of carbonyl (C=O) groups excluding carboxylic acids is 1. The lowest BCUT2D eigenvalue weighted by Gasteiger charge is -2.03. The molecule has 0 radical (unpaired) electrons. The maximum Gasteiger partial charge on any atom is 0.170 e. The standard InChI is InChI=1S/C12H10N2O2/c1-16-11-4-2-3-9(7-11)12-6-5-10(8-15)13-14-12/h2-8H,1H3. The van der Waals surface area contributed by atoms with E-state index < -0.39 is 0 Å². The molecule has 2 aromatic rings. The molecule has 0 fully saturated rings. The molecule has 0 bridgehead atoms. The number of hydrogen-bond acceptors (Lipinski definition) is 4. The lowest BCUT2D eigenvalue weighted by atomic mass is 10.1. The zero-order chi connectivity index (χ0) is 11.4. The van der Waals surface area contributed by atoms with Crippen molar-refractivity contribution in [3.63, 3.8) is 0 Å². The predicted octanol–water partition coefficient (Wildman–Crippen LogP) is 1.96. The summed E-state index contributed by atoms with van der Waals surface area (Å²) in [5.74, 6) is 0.763. The molecular formula is C12H10N2O2. The normalized spacial score (nSPS) is 9.81. The van der Waals surface area contributed by atoms with E-state index in [1.54, 1.807) is 19.2 Å². The van der Waals surface area contributed by atoms with Crippen molar-refractivity contribution in [2.75, 3.05) is 7.11 Å². The second kappa shape index (κ2) is 4.53. The van der Waals surface area contributed by atoms with Gasteiger partial charge in [0.05, 0.1) is 12.8 Å². The van der Waals surface area contributed by atoms with Crippen molar-refractivity contribution in [2.45, 2.75) is 0 Å². The van der Waals surface area contributed by atoms with Crippen LogP contribution in [0.5, 0.6) is 5.75 Å². The first-order valence-electron chi connectivity index (χ1n) is 4.77. The minimum absolute atomic E-state index is 0.326. The number of methoxy groups -OCH3 is 1. The Kier molecular flexibility index (Phi) is 2.91. The van der Waals surface area contributed by atoms with Gasteiger partial charge in [-0.15, -0.1) is 10.2 Å². The van der Waals surface area contributed by atoms with Gasteiger partial charge in [0.1, 0.15) is 11.4 Å². The molecule has 0 saturated carbocycles. The van der Waals surface area contributed by atoms with E-state index in [0.717, 1.165) is 11.3 Å². The molecule has 0 aliphatic rings. The Morgan fingerprint density at radius 2 is 2.06 bits per heavy atom. The Hall–Kier alpha value is -2.23. The molecular weight excluding hydrogens is 204 g/mol. The first-order chi connectivity index (χ1) is 7.83. The highest BCUT2D eigenvalue weighted by molar-refractivity contribution is 5.72. The van der Waals surface area contributed by atoms with Crippen LogP contribution in [0.15, 0.2) is 36.4 Å². The van der Waals surface area contributed by atoms with E-state index >= 15 is 0 Å². The molecule has 2 rings (SSSR count). The Labute approximate surface area is 92.9 Å². The summed E-state index contributed by atoms with van der Waals surface area (Å²) >= 11 is 0. The summed E-state index contributed by atoms with van der Waals surface area (Å²) in [7, 11) is 1.61. The van der Waals surface area contributed by atoms with Crippen molar-refractivity contribution >= 4 is 6.29 Å². The summed E-state index contributed by atoms with van der Waals surface area (Å²) in [5.41, 5.74) is 1.94. The first-order valence-corrected chi connectivity index (χ1v) is 4.77.